The van der Waals surface area contributed by atoms with Crippen LogP contribution in [-0.4, -0.2) is 7.05 Å². The lowest BCUT2D eigenvalue weighted by Gasteiger charge is -2.23. The van der Waals surface area contributed by atoms with Gasteiger partial charge in [-0.1, -0.05) is 163 Å². The van der Waals surface area contributed by atoms with Gasteiger partial charge in [0.2, 0.25) is 0 Å². The highest BCUT2D eigenvalue weighted by atomic mass is 15.1. The minimum atomic E-state index is 1.10. The maximum atomic E-state index is 2.57. The molecule has 1 heteroatoms. The Bertz CT molecular complexity index is 1980. The summed E-state index contributed by atoms with van der Waals surface area (Å²) in [6, 6.07) is 43.4. The summed E-state index contributed by atoms with van der Waals surface area (Å²) in [7, 11) is 2.15. The van der Waals surface area contributed by atoms with E-state index < -0.39 is 0 Å². The van der Waals surface area contributed by atoms with E-state index in [2.05, 4.69) is 148 Å². The Morgan fingerprint density at radius 3 is 1.47 bits per heavy atom. The van der Waals surface area contributed by atoms with Crippen LogP contribution < -0.4 is 4.90 Å². The molecular weight excluding hydrogens is 615 g/mol. The summed E-state index contributed by atoms with van der Waals surface area (Å²) in [6.45, 7) is 6.93. The third-order valence-electron chi connectivity index (χ3n) is 11.0. The molecule has 6 rings (SSSR count). The standard InChI is InChI=1S/C50H59N/c1-5-7-9-11-13-16-24-40-36-38(3)44-28-20-22-30-46(44)49(40)50-41(25-17-14-12-10-8-6-2)37-48(45-29-21-23-31-47(45)50)39-32-34-43(35-33-39)51(4)42-26-18-15-19-27-42/h15,18-23,26-37H,5-14,16-17,24-25H2,1-4H3. The minimum Gasteiger partial charge on any atom is -0.345 e. The molecule has 6 aromatic rings. The van der Waals surface area contributed by atoms with Crippen LogP contribution in [0.15, 0.2) is 115 Å². The second-order valence-electron chi connectivity index (χ2n) is 14.8. The summed E-state index contributed by atoms with van der Waals surface area (Å²) in [6.07, 6.45) is 18.0. The third-order valence-corrected chi connectivity index (χ3v) is 11.0. The van der Waals surface area contributed by atoms with Gasteiger partial charge in [0.1, 0.15) is 0 Å². The van der Waals surface area contributed by atoms with Crippen molar-refractivity contribution in [3.63, 3.8) is 0 Å². The van der Waals surface area contributed by atoms with Crippen molar-refractivity contribution in [2.45, 2.75) is 111 Å². The van der Waals surface area contributed by atoms with Crippen LogP contribution in [0.5, 0.6) is 0 Å². The van der Waals surface area contributed by atoms with Crippen molar-refractivity contribution in [2.24, 2.45) is 0 Å². The van der Waals surface area contributed by atoms with Gasteiger partial charge in [0.15, 0.2) is 0 Å². The fourth-order valence-electron chi connectivity index (χ4n) is 8.14. The van der Waals surface area contributed by atoms with Gasteiger partial charge in [-0.15, -0.1) is 0 Å². The smallest absolute Gasteiger partial charge is 0.0408 e. The van der Waals surface area contributed by atoms with Crippen LogP contribution >= 0.6 is 0 Å². The number of hydrogen-bond acceptors (Lipinski definition) is 1. The van der Waals surface area contributed by atoms with E-state index in [0.717, 1.165) is 12.8 Å². The fraction of sp³-hybridized carbons (Fsp3) is 0.360. The molecule has 1 nitrogen and oxygen atoms in total. The van der Waals surface area contributed by atoms with Crippen molar-refractivity contribution in [3.05, 3.63) is 132 Å². The number of nitrogens with zero attached hydrogens (tertiary/aromatic N) is 1. The van der Waals surface area contributed by atoms with Gasteiger partial charge in [0.25, 0.3) is 0 Å². The average molecular weight is 674 g/mol. The van der Waals surface area contributed by atoms with Crippen molar-refractivity contribution >= 4 is 32.9 Å². The number of unbranched alkanes of at least 4 members (excludes halogenated alkanes) is 10. The fourth-order valence-corrected chi connectivity index (χ4v) is 8.14. The van der Waals surface area contributed by atoms with E-state index in [1.54, 1.807) is 0 Å². The highest BCUT2D eigenvalue weighted by Crippen LogP contribution is 2.44. The number of anilines is 2. The van der Waals surface area contributed by atoms with Gasteiger partial charge in [-0.2, -0.15) is 0 Å². The second-order valence-corrected chi connectivity index (χ2v) is 14.8. The van der Waals surface area contributed by atoms with Gasteiger partial charge in [-0.25, -0.2) is 0 Å². The van der Waals surface area contributed by atoms with Crippen LogP contribution in [0.3, 0.4) is 0 Å². The lowest BCUT2D eigenvalue weighted by molar-refractivity contribution is 0.607. The molecule has 0 aliphatic carbocycles. The molecule has 0 fully saturated rings. The minimum absolute atomic E-state index is 1.10. The first-order valence-electron chi connectivity index (χ1n) is 20.1. The first-order chi connectivity index (χ1) is 25.1. The lowest BCUT2D eigenvalue weighted by atomic mass is 9.81. The molecule has 0 saturated heterocycles. The average Bonchev–Trinajstić information content (AvgIpc) is 3.18. The van der Waals surface area contributed by atoms with Gasteiger partial charge in [-0.3, -0.25) is 0 Å². The molecule has 0 aromatic heterocycles. The topological polar surface area (TPSA) is 3.24 Å². The number of rotatable bonds is 18. The molecule has 0 bridgehead atoms. The number of aryl methyl sites for hydroxylation is 3. The molecule has 0 radical (unpaired) electrons. The first-order valence-corrected chi connectivity index (χ1v) is 20.1. The monoisotopic (exact) mass is 673 g/mol. The van der Waals surface area contributed by atoms with Gasteiger partial charge < -0.3 is 4.90 Å². The first kappa shape index (κ1) is 36.4. The molecule has 0 heterocycles. The maximum Gasteiger partial charge on any atom is 0.0408 e. The van der Waals surface area contributed by atoms with Gasteiger partial charge in [0, 0.05) is 18.4 Å². The zero-order valence-electron chi connectivity index (χ0n) is 31.8. The molecule has 0 spiro atoms. The molecule has 264 valence electrons. The van der Waals surface area contributed by atoms with Gasteiger partial charge >= 0.3 is 0 Å². The zero-order valence-corrected chi connectivity index (χ0v) is 31.8. The molecule has 0 aliphatic rings. The Kier molecular flexibility index (Phi) is 13.0. The molecule has 6 aromatic carbocycles. The zero-order chi connectivity index (χ0) is 35.4. The molecule has 0 N–H and O–H groups in total. The summed E-state index contributed by atoms with van der Waals surface area (Å²) in [5, 5.41) is 5.53. The van der Waals surface area contributed by atoms with E-state index in [0.29, 0.717) is 0 Å². The summed E-state index contributed by atoms with van der Waals surface area (Å²) in [4.78, 5) is 2.27. The van der Waals surface area contributed by atoms with Crippen molar-refractivity contribution in [1.29, 1.82) is 0 Å². The van der Waals surface area contributed by atoms with Crippen molar-refractivity contribution in [3.8, 4) is 22.3 Å². The SMILES string of the molecule is CCCCCCCCc1cc(C)c2ccccc2c1-c1c(CCCCCCCC)cc(-c2ccc(N(C)c3ccccc3)cc2)c2ccccc12. The van der Waals surface area contributed by atoms with Crippen molar-refractivity contribution in [2.75, 3.05) is 11.9 Å². The number of para-hydroxylation sites is 1. The van der Waals surface area contributed by atoms with Crippen LogP contribution in [0.1, 0.15) is 108 Å². The van der Waals surface area contributed by atoms with Gasteiger partial charge in [-0.05, 0) is 123 Å². The van der Waals surface area contributed by atoms with Crippen LogP contribution in [0.4, 0.5) is 11.4 Å². The maximum absolute atomic E-state index is 2.57. The summed E-state index contributed by atoms with van der Waals surface area (Å²) in [5.74, 6) is 0. The highest BCUT2D eigenvalue weighted by Gasteiger charge is 2.20. The van der Waals surface area contributed by atoms with Crippen LogP contribution in [0.25, 0.3) is 43.8 Å². The summed E-state index contributed by atoms with van der Waals surface area (Å²) >= 11 is 0. The van der Waals surface area contributed by atoms with Gasteiger partial charge in [0.05, 0.1) is 0 Å². The van der Waals surface area contributed by atoms with E-state index >= 15 is 0 Å². The Hall–Kier alpha value is -4.36. The summed E-state index contributed by atoms with van der Waals surface area (Å²) < 4.78 is 0. The Morgan fingerprint density at radius 2 is 0.882 bits per heavy atom. The van der Waals surface area contributed by atoms with Crippen LogP contribution in [0, 0.1) is 6.92 Å². The molecular formula is C50H59N. The Balaban J connectivity index is 1.47. The molecule has 0 unspecified atom stereocenters. The summed E-state index contributed by atoms with van der Waals surface area (Å²) in [5.41, 5.74) is 12.4. The lowest BCUT2D eigenvalue weighted by Crippen LogP contribution is -2.08. The van der Waals surface area contributed by atoms with Crippen molar-refractivity contribution < 1.29 is 0 Å². The number of fused-ring (bicyclic) bond motifs is 2. The number of hydrogen-bond donors (Lipinski definition) is 0. The van der Waals surface area contributed by atoms with Crippen molar-refractivity contribution in [1.82, 2.24) is 0 Å². The Morgan fingerprint density at radius 1 is 0.431 bits per heavy atom. The Labute approximate surface area is 308 Å². The second kappa shape index (κ2) is 18.2. The predicted molar refractivity (Wildman–Crippen MR) is 226 cm³/mol. The molecule has 0 atom stereocenters. The normalized spacial score (nSPS) is 11.5. The van der Waals surface area contributed by atoms with E-state index in [1.807, 2.05) is 0 Å². The largest absolute Gasteiger partial charge is 0.345 e. The third kappa shape index (κ3) is 8.75. The molecule has 0 aliphatic heterocycles. The molecule has 0 saturated carbocycles. The number of benzene rings is 6. The van der Waals surface area contributed by atoms with E-state index in [-0.39, 0.29) is 0 Å². The highest BCUT2D eigenvalue weighted by molar-refractivity contribution is 6.12. The van der Waals surface area contributed by atoms with E-state index in [1.165, 1.54) is 149 Å². The van der Waals surface area contributed by atoms with E-state index in [9.17, 15) is 0 Å². The predicted octanol–water partition coefficient (Wildman–Crippen LogP) is 15.2. The van der Waals surface area contributed by atoms with Crippen LogP contribution in [0.2, 0.25) is 0 Å². The van der Waals surface area contributed by atoms with E-state index in [4.69, 9.17) is 0 Å². The molecule has 0 amide bonds. The van der Waals surface area contributed by atoms with Crippen LogP contribution in [-0.2, 0) is 12.8 Å². The molecule has 51 heavy (non-hydrogen) atoms. The quantitative estimate of drug-likeness (QED) is 0.0821.